The van der Waals surface area contributed by atoms with E-state index in [0.29, 0.717) is 51.5 Å². The van der Waals surface area contributed by atoms with Crippen LogP contribution in [0.1, 0.15) is 67.3 Å². The number of rotatable bonds is 11. The molecule has 3 aliphatic rings. The molecule has 3 aliphatic heterocycles. The summed E-state index contributed by atoms with van der Waals surface area (Å²) >= 11 is 0. The van der Waals surface area contributed by atoms with Crippen LogP contribution in [0, 0.1) is 13.8 Å². The molecule has 3 heterocycles. The van der Waals surface area contributed by atoms with Gasteiger partial charge in [0.05, 0.1) is 0 Å². The first kappa shape index (κ1) is 35.7. The van der Waals surface area contributed by atoms with Crippen LogP contribution in [0.3, 0.4) is 0 Å². The predicted octanol–water partition coefficient (Wildman–Crippen LogP) is 5.00. The second-order valence-electron chi connectivity index (χ2n) is 13.7. The molecular weight excluding hydrogens is 604 g/mol. The van der Waals surface area contributed by atoms with E-state index in [1.807, 2.05) is 30.1 Å². The maximum atomic E-state index is 14.0. The first-order valence-electron chi connectivity index (χ1n) is 18.1. The summed E-state index contributed by atoms with van der Waals surface area (Å²) in [5.74, 6) is -0.170. The maximum Gasteiger partial charge on any atom is 0.410 e. The Morgan fingerprint density at radius 1 is 1.00 bits per heavy atom. The molecule has 0 unspecified atom stereocenters. The lowest BCUT2D eigenvalue weighted by atomic mass is 9.95. The smallest absolute Gasteiger partial charge is 0.410 e. The molecule has 4 amide bonds. The summed E-state index contributed by atoms with van der Waals surface area (Å²) in [6, 6.07) is 12.7. The van der Waals surface area contributed by atoms with Crippen molar-refractivity contribution < 1.29 is 19.1 Å². The van der Waals surface area contributed by atoms with Crippen LogP contribution in [0.25, 0.3) is 0 Å². The van der Waals surface area contributed by atoms with Gasteiger partial charge in [-0.15, -0.1) is 0 Å². The van der Waals surface area contributed by atoms with E-state index in [2.05, 4.69) is 61.4 Å². The Bertz CT molecular complexity index is 1420. The normalized spacial score (nSPS) is 18.2. The molecule has 10 nitrogen and oxygen atoms in total. The zero-order valence-electron chi connectivity index (χ0n) is 29.7. The zero-order chi connectivity index (χ0) is 34.2. The number of anilines is 1. The number of nitrogens with one attached hydrogen (secondary N) is 2. The number of para-hydroxylation sites is 1. The second-order valence-corrected chi connectivity index (χ2v) is 13.7. The number of fused-ring (bicyclic) bond motifs is 1. The van der Waals surface area contributed by atoms with Crippen LogP contribution in [-0.4, -0.2) is 115 Å². The van der Waals surface area contributed by atoms with Crippen LogP contribution < -0.4 is 10.6 Å². The summed E-state index contributed by atoms with van der Waals surface area (Å²) in [6.07, 6.45) is 4.21. The maximum absolute atomic E-state index is 14.0. The molecule has 0 spiro atoms. The van der Waals surface area contributed by atoms with Crippen molar-refractivity contribution in [1.29, 1.82) is 0 Å². The third kappa shape index (κ3) is 8.69. The number of likely N-dealkylation sites (N-methyl/N-ethyl adjacent to an activating group) is 2. The number of hydrogen-bond donors (Lipinski definition) is 2. The lowest BCUT2D eigenvalue weighted by Gasteiger charge is -2.38. The SMILES string of the molecule is CCc1cc(C[C@@H](OC(=O)N2CCC(N3CCc4ccccc4NC3=O)CC2)C(=O)N(C)CCN(CC)C2CCNCC2)cc(C)c1C. The number of urea groups is 1. The highest BCUT2D eigenvalue weighted by molar-refractivity contribution is 5.91. The third-order valence-electron chi connectivity index (χ3n) is 10.8. The minimum atomic E-state index is -0.920. The topological polar surface area (TPSA) is 97.5 Å². The van der Waals surface area contributed by atoms with E-state index >= 15 is 0 Å². The minimum absolute atomic E-state index is 0.0383. The molecule has 2 N–H and O–H groups in total. The number of aryl methyl sites for hydroxylation is 2. The molecular formula is C38H56N6O4. The fourth-order valence-electron chi connectivity index (χ4n) is 7.59. The summed E-state index contributed by atoms with van der Waals surface area (Å²) in [4.78, 5) is 48.6. The van der Waals surface area contributed by atoms with E-state index in [1.54, 1.807) is 9.80 Å². The largest absolute Gasteiger partial charge is 0.436 e. The lowest BCUT2D eigenvalue weighted by Crippen LogP contribution is -2.51. The number of carbonyl (C=O) groups is 3. The lowest BCUT2D eigenvalue weighted by molar-refractivity contribution is -0.139. The Hall–Kier alpha value is -3.63. The first-order valence-corrected chi connectivity index (χ1v) is 18.1. The van der Waals surface area contributed by atoms with Crippen LogP contribution in [-0.2, 0) is 28.8 Å². The number of amides is 4. The minimum Gasteiger partial charge on any atom is -0.436 e. The van der Waals surface area contributed by atoms with Crippen LogP contribution in [0.15, 0.2) is 36.4 Å². The molecule has 2 saturated heterocycles. The van der Waals surface area contributed by atoms with Crippen molar-refractivity contribution in [3.63, 3.8) is 0 Å². The Morgan fingerprint density at radius 3 is 2.44 bits per heavy atom. The molecule has 10 heteroatoms. The van der Waals surface area contributed by atoms with Crippen molar-refractivity contribution in [2.24, 2.45) is 0 Å². The van der Waals surface area contributed by atoms with Crippen LogP contribution in [0.5, 0.6) is 0 Å². The standard InChI is InChI=1S/C38H56N6O4/c1-6-30-25-29(24-27(3)28(30)4)26-35(36(45)41(5)22-23-42(7-2)32-12-17-39-18-13-32)48-38(47)43-19-15-33(16-20-43)44-21-14-31-10-8-9-11-34(31)40-37(44)46/h8-11,24-25,32-33,35,39H,6-7,12-23,26H2,1-5H3,(H,40,46)/t35-/m1/s1. The highest BCUT2D eigenvalue weighted by atomic mass is 16.6. The average Bonchev–Trinajstić information content (AvgIpc) is 3.27. The van der Waals surface area contributed by atoms with Crippen LogP contribution in [0.2, 0.25) is 0 Å². The first-order chi connectivity index (χ1) is 23.2. The van der Waals surface area contributed by atoms with Crippen molar-refractivity contribution in [1.82, 2.24) is 24.9 Å². The van der Waals surface area contributed by atoms with Gasteiger partial charge in [0.2, 0.25) is 0 Å². The summed E-state index contributed by atoms with van der Waals surface area (Å²) in [5, 5.41) is 6.50. The summed E-state index contributed by atoms with van der Waals surface area (Å²) in [7, 11) is 1.83. The van der Waals surface area contributed by atoms with Crippen molar-refractivity contribution in [3.05, 3.63) is 64.2 Å². The summed E-state index contributed by atoms with van der Waals surface area (Å²) in [6.45, 7) is 14.5. The van der Waals surface area contributed by atoms with Gasteiger partial charge < -0.3 is 30.1 Å². The highest BCUT2D eigenvalue weighted by Crippen LogP contribution is 2.26. The van der Waals surface area contributed by atoms with Gasteiger partial charge in [0, 0.05) is 64.0 Å². The molecule has 0 saturated carbocycles. The molecule has 262 valence electrons. The molecule has 48 heavy (non-hydrogen) atoms. The number of carbonyl (C=O) groups excluding carboxylic acids is 3. The number of ether oxygens (including phenoxy) is 1. The highest BCUT2D eigenvalue weighted by Gasteiger charge is 2.34. The molecule has 2 fully saturated rings. The van der Waals surface area contributed by atoms with Crippen LogP contribution >= 0.6 is 0 Å². The molecule has 0 aliphatic carbocycles. The second kappa shape index (κ2) is 16.7. The van der Waals surface area contributed by atoms with E-state index < -0.39 is 12.2 Å². The van der Waals surface area contributed by atoms with E-state index in [9.17, 15) is 14.4 Å². The van der Waals surface area contributed by atoms with Gasteiger partial charge in [-0.25, -0.2) is 9.59 Å². The van der Waals surface area contributed by atoms with Gasteiger partial charge >= 0.3 is 12.1 Å². The predicted molar refractivity (Wildman–Crippen MR) is 191 cm³/mol. The molecule has 5 rings (SSSR count). The number of piperidine rings is 2. The average molecular weight is 661 g/mol. The van der Waals surface area contributed by atoms with Crippen molar-refractivity contribution in [2.45, 2.75) is 90.8 Å². The van der Waals surface area contributed by atoms with Crippen molar-refractivity contribution in [2.75, 3.05) is 64.7 Å². The fraction of sp³-hybridized carbons (Fsp3) is 0.605. The zero-order valence-corrected chi connectivity index (χ0v) is 29.7. The Kier molecular flexibility index (Phi) is 12.4. The number of hydrogen-bond acceptors (Lipinski definition) is 6. The molecule has 1 atom stereocenters. The molecule has 0 bridgehead atoms. The Balaban J connectivity index is 1.23. The molecule has 2 aromatic carbocycles. The van der Waals surface area contributed by atoms with Gasteiger partial charge in [-0.3, -0.25) is 9.69 Å². The number of likely N-dealkylation sites (tertiary alicyclic amines) is 1. The number of nitrogens with zero attached hydrogens (tertiary/aromatic N) is 4. The van der Waals surface area contributed by atoms with Crippen LogP contribution in [0.4, 0.5) is 15.3 Å². The van der Waals surface area contributed by atoms with Gasteiger partial charge in [0.25, 0.3) is 5.91 Å². The van der Waals surface area contributed by atoms with E-state index in [-0.39, 0.29) is 18.0 Å². The summed E-state index contributed by atoms with van der Waals surface area (Å²) in [5.41, 5.74) is 6.71. The Morgan fingerprint density at radius 2 is 1.73 bits per heavy atom. The van der Waals surface area contributed by atoms with E-state index in [0.717, 1.165) is 68.7 Å². The van der Waals surface area contributed by atoms with E-state index in [4.69, 9.17) is 4.74 Å². The van der Waals surface area contributed by atoms with Gasteiger partial charge in [0.15, 0.2) is 6.10 Å². The van der Waals surface area contributed by atoms with Crippen molar-refractivity contribution in [3.8, 4) is 0 Å². The quantitative estimate of drug-likeness (QED) is 0.352. The van der Waals surface area contributed by atoms with Crippen molar-refractivity contribution >= 4 is 23.7 Å². The van der Waals surface area contributed by atoms with Gasteiger partial charge in [-0.2, -0.15) is 0 Å². The Labute approximate surface area is 287 Å². The van der Waals surface area contributed by atoms with Gasteiger partial charge in [-0.1, -0.05) is 44.2 Å². The summed E-state index contributed by atoms with van der Waals surface area (Å²) < 4.78 is 6.12. The number of benzene rings is 2. The molecule has 0 radical (unpaired) electrons. The molecule has 0 aromatic heterocycles. The van der Waals surface area contributed by atoms with Gasteiger partial charge in [-0.05, 0) is 106 Å². The van der Waals surface area contributed by atoms with E-state index in [1.165, 1.54) is 16.7 Å². The molecule has 2 aromatic rings. The third-order valence-corrected chi connectivity index (χ3v) is 10.8. The van der Waals surface area contributed by atoms with Gasteiger partial charge in [0.1, 0.15) is 0 Å². The monoisotopic (exact) mass is 660 g/mol. The fourth-order valence-corrected chi connectivity index (χ4v) is 7.59.